The second kappa shape index (κ2) is 12.9. The van der Waals surface area contributed by atoms with Crippen LogP contribution >= 0.6 is 0 Å². The highest BCUT2D eigenvalue weighted by molar-refractivity contribution is 6.11. The number of benzene rings is 8. The van der Waals surface area contributed by atoms with Gasteiger partial charge >= 0.3 is 0 Å². The summed E-state index contributed by atoms with van der Waals surface area (Å²) in [5, 5.41) is 5.14. The van der Waals surface area contributed by atoms with Crippen LogP contribution in [0.25, 0.3) is 89.4 Å². The van der Waals surface area contributed by atoms with Crippen molar-refractivity contribution in [2.24, 2.45) is 0 Å². The fourth-order valence-corrected chi connectivity index (χ4v) is 8.13. The first-order chi connectivity index (χ1) is 26.6. The van der Waals surface area contributed by atoms with Gasteiger partial charge in [0.2, 0.25) is 0 Å². The number of hydrogen-bond donors (Lipinski definition) is 0. The highest BCUT2D eigenvalue weighted by atomic mass is 15.0. The van der Waals surface area contributed by atoms with Crippen molar-refractivity contribution in [2.45, 2.75) is 13.8 Å². The molecule has 2 heteroatoms. The van der Waals surface area contributed by atoms with Gasteiger partial charge in [0.15, 0.2) is 0 Å². The van der Waals surface area contributed by atoms with E-state index in [0.717, 1.165) is 0 Å². The van der Waals surface area contributed by atoms with Gasteiger partial charge in [0.05, 0.1) is 22.1 Å². The van der Waals surface area contributed by atoms with Crippen molar-refractivity contribution in [3.05, 3.63) is 204 Å². The van der Waals surface area contributed by atoms with Crippen molar-refractivity contribution in [3.8, 4) is 33.6 Å². The molecule has 0 N–H and O–H groups in total. The van der Waals surface area contributed by atoms with E-state index in [0.29, 0.717) is 0 Å². The number of nitrogens with zero attached hydrogens (tertiary/aromatic N) is 2. The standard InChI is InChI=1S/C52H38N2/c1-35-15-28-50-46(31-35)47-32-36(2)16-29-51(47)54(50)44-12-8-9-41(33-44)39-23-19-37(20-24-39)17-18-38-21-25-40(26-22-38)42-27-30-52-48(34-42)45-13-6-7-14-49(45)53(52)43-10-4-3-5-11-43/h3-34H,1-2H3. The van der Waals surface area contributed by atoms with Gasteiger partial charge in [-0.05, 0) is 114 Å². The summed E-state index contributed by atoms with van der Waals surface area (Å²) in [5.74, 6) is 0. The van der Waals surface area contributed by atoms with Gasteiger partial charge in [0, 0.05) is 32.9 Å². The summed E-state index contributed by atoms with van der Waals surface area (Å²) in [4.78, 5) is 0. The summed E-state index contributed by atoms with van der Waals surface area (Å²) >= 11 is 0. The van der Waals surface area contributed by atoms with E-state index in [1.54, 1.807) is 0 Å². The van der Waals surface area contributed by atoms with Crippen molar-refractivity contribution >= 4 is 55.8 Å². The molecule has 0 fully saturated rings. The molecule has 0 saturated carbocycles. The molecule has 0 saturated heterocycles. The van der Waals surface area contributed by atoms with E-state index in [9.17, 15) is 0 Å². The van der Waals surface area contributed by atoms with Gasteiger partial charge in [-0.1, -0.05) is 139 Å². The third kappa shape index (κ3) is 5.52. The Labute approximate surface area is 315 Å². The van der Waals surface area contributed by atoms with Gasteiger partial charge in [0.25, 0.3) is 0 Å². The second-order valence-corrected chi connectivity index (χ2v) is 14.4. The van der Waals surface area contributed by atoms with Crippen LogP contribution in [0.1, 0.15) is 22.3 Å². The highest BCUT2D eigenvalue weighted by Gasteiger charge is 2.15. The monoisotopic (exact) mass is 690 g/mol. The molecule has 2 nitrogen and oxygen atoms in total. The molecule has 0 spiro atoms. The Kier molecular flexibility index (Phi) is 7.63. The number of aromatic nitrogens is 2. The van der Waals surface area contributed by atoms with Crippen molar-refractivity contribution in [1.29, 1.82) is 0 Å². The Balaban J connectivity index is 0.901. The van der Waals surface area contributed by atoms with Crippen LogP contribution in [0, 0.1) is 13.8 Å². The Morgan fingerprint density at radius 2 is 0.778 bits per heavy atom. The molecule has 2 heterocycles. The Hall–Kier alpha value is -6.90. The normalized spacial score (nSPS) is 11.8. The molecule has 0 unspecified atom stereocenters. The van der Waals surface area contributed by atoms with Crippen molar-refractivity contribution < 1.29 is 0 Å². The lowest BCUT2D eigenvalue weighted by Crippen LogP contribution is -1.94. The first-order valence-corrected chi connectivity index (χ1v) is 18.7. The molecule has 2 aromatic heterocycles. The second-order valence-electron chi connectivity index (χ2n) is 14.4. The van der Waals surface area contributed by atoms with Crippen molar-refractivity contribution in [1.82, 2.24) is 9.13 Å². The molecule has 0 aliphatic carbocycles. The predicted octanol–water partition coefficient (Wildman–Crippen LogP) is 14.0. The summed E-state index contributed by atoms with van der Waals surface area (Å²) in [7, 11) is 0. The van der Waals surface area contributed by atoms with Gasteiger partial charge in [-0.3, -0.25) is 0 Å². The molecule has 10 aromatic rings. The summed E-state index contributed by atoms with van der Waals surface area (Å²) in [6.45, 7) is 4.34. The van der Waals surface area contributed by atoms with Gasteiger partial charge in [-0.2, -0.15) is 0 Å². The molecule has 8 aromatic carbocycles. The van der Waals surface area contributed by atoms with E-state index in [4.69, 9.17) is 0 Å². The van der Waals surface area contributed by atoms with E-state index < -0.39 is 0 Å². The largest absolute Gasteiger partial charge is 0.309 e. The minimum atomic E-state index is 1.17. The van der Waals surface area contributed by atoms with Gasteiger partial charge in [0.1, 0.15) is 0 Å². The quantitative estimate of drug-likeness (QED) is 0.154. The van der Waals surface area contributed by atoms with Gasteiger partial charge < -0.3 is 9.13 Å². The maximum Gasteiger partial charge on any atom is 0.0541 e. The lowest BCUT2D eigenvalue weighted by molar-refractivity contribution is 1.18. The summed E-state index contributed by atoms with van der Waals surface area (Å²) < 4.78 is 4.76. The molecular weight excluding hydrogens is 653 g/mol. The van der Waals surface area contributed by atoms with Crippen LogP contribution in [0.15, 0.2) is 182 Å². The number of para-hydroxylation sites is 2. The van der Waals surface area contributed by atoms with Crippen LogP contribution in [0.3, 0.4) is 0 Å². The lowest BCUT2D eigenvalue weighted by atomic mass is 10.0. The first-order valence-electron chi connectivity index (χ1n) is 18.7. The lowest BCUT2D eigenvalue weighted by Gasteiger charge is -2.11. The zero-order valence-corrected chi connectivity index (χ0v) is 30.4. The Morgan fingerprint density at radius 3 is 1.41 bits per heavy atom. The van der Waals surface area contributed by atoms with E-state index in [1.165, 1.54) is 99.5 Å². The summed E-state index contributed by atoms with van der Waals surface area (Å²) in [5.41, 5.74) is 17.0. The van der Waals surface area contributed by atoms with Crippen LogP contribution in [-0.2, 0) is 0 Å². The molecule has 54 heavy (non-hydrogen) atoms. The zero-order chi connectivity index (χ0) is 36.2. The molecule has 0 aliphatic rings. The minimum absolute atomic E-state index is 1.17. The van der Waals surface area contributed by atoms with Crippen LogP contribution in [0.2, 0.25) is 0 Å². The molecule has 0 bridgehead atoms. The predicted molar refractivity (Wildman–Crippen MR) is 231 cm³/mol. The van der Waals surface area contributed by atoms with E-state index >= 15 is 0 Å². The van der Waals surface area contributed by atoms with E-state index in [-0.39, 0.29) is 0 Å². The summed E-state index contributed by atoms with van der Waals surface area (Å²) in [6, 6.07) is 66.4. The SMILES string of the molecule is Cc1ccc2c(c1)c1cc(C)ccc1n2-c1cccc(-c2ccc(C=Cc3ccc(-c4ccc5c(c4)c4ccccc4n5-c4ccccc4)cc3)cc2)c1. The maximum absolute atomic E-state index is 2.40. The first kappa shape index (κ1) is 31.8. The molecule has 10 rings (SSSR count). The fraction of sp³-hybridized carbons (Fsp3) is 0.0385. The van der Waals surface area contributed by atoms with Crippen molar-refractivity contribution in [2.75, 3.05) is 0 Å². The molecule has 0 amide bonds. The van der Waals surface area contributed by atoms with E-state index in [2.05, 4.69) is 217 Å². The third-order valence-electron chi connectivity index (χ3n) is 10.8. The van der Waals surface area contributed by atoms with Crippen LogP contribution in [0.5, 0.6) is 0 Å². The number of aryl methyl sites for hydroxylation is 2. The Morgan fingerprint density at radius 1 is 0.315 bits per heavy atom. The fourth-order valence-electron chi connectivity index (χ4n) is 8.13. The van der Waals surface area contributed by atoms with Gasteiger partial charge in [-0.15, -0.1) is 0 Å². The van der Waals surface area contributed by atoms with Crippen molar-refractivity contribution in [3.63, 3.8) is 0 Å². The summed E-state index contributed by atoms with van der Waals surface area (Å²) in [6.07, 6.45) is 4.39. The topological polar surface area (TPSA) is 9.86 Å². The average Bonchev–Trinajstić information content (AvgIpc) is 3.72. The molecule has 256 valence electrons. The van der Waals surface area contributed by atoms with Crippen LogP contribution in [0.4, 0.5) is 0 Å². The average molecular weight is 691 g/mol. The van der Waals surface area contributed by atoms with E-state index in [1.807, 2.05) is 0 Å². The molecular formula is C52H38N2. The van der Waals surface area contributed by atoms with Gasteiger partial charge in [-0.25, -0.2) is 0 Å². The minimum Gasteiger partial charge on any atom is -0.309 e. The molecule has 0 aliphatic heterocycles. The number of hydrogen-bond acceptors (Lipinski definition) is 0. The maximum atomic E-state index is 2.40. The Bertz CT molecular complexity index is 2970. The molecule has 0 atom stereocenters. The molecule has 0 radical (unpaired) electrons. The zero-order valence-electron chi connectivity index (χ0n) is 30.4. The van der Waals surface area contributed by atoms with Crippen LogP contribution in [-0.4, -0.2) is 9.13 Å². The van der Waals surface area contributed by atoms with Crippen LogP contribution < -0.4 is 0 Å². The number of fused-ring (bicyclic) bond motifs is 6. The smallest absolute Gasteiger partial charge is 0.0541 e. The third-order valence-corrected chi connectivity index (χ3v) is 10.8. The number of rotatable bonds is 6. The highest BCUT2D eigenvalue weighted by Crippen LogP contribution is 2.36.